The van der Waals surface area contributed by atoms with Crippen LogP contribution in [0.25, 0.3) is 27.7 Å². The third-order valence-electron chi connectivity index (χ3n) is 6.32. The Morgan fingerprint density at radius 2 is 2.03 bits per heavy atom. The van der Waals surface area contributed by atoms with Gasteiger partial charge in [0.05, 0.1) is 12.9 Å². The number of ether oxygens (including phenoxy) is 1. The van der Waals surface area contributed by atoms with E-state index < -0.39 is 0 Å². The summed E-state index contributed by atoms with van der Waals surface area (Å²) < 4.78 is 12.0. The molecule has 33 heavy (non-hydrogen) atoms. The summed E-state index contributed by atoms with van der Waals surface area (Å²) in [5, 5.41) is 4.07. The number of carbonyl (C=O) groups excluding carboxylic acids is 1. The first-order valence-electron chi connectivity index (χ1n) is 12.0. The van der Waals surface area contributed by atoms with Crippen LogP contribution in [-0.2, 0) is 4.79 Å². The highest BCUT2D eigenvalue weighted by Crippen LogP contribution is 2.40. The van der Waals surface area contributed by atoms with Crippen LogP contribution in [0.15, 0.2) is 64.8 Å². The molecule has 4 rings (SSSR count). The maximum Gasteiger partial charge on any atom is 0.244 e. The van der Waals surface area contributed by atoms with Crippen molar-refractivity contribution in [3.05, 3.63) is 71.5 Å². The molecule has 0 unspecified atom stereocenters. The second-order valence-corrected chi connectivity index (χ2v) is 8.68. The third kappa shape index (κ3) is 5.22. The Labute approximate surface area is 196 Å². The van der Waals surface area contributed by atoms with Gasteiger partial charge in [-0.2, -0.15) is 0 Å². The van der Waals surface area contributed by atoms with Gasteiger partial charge in [0.15, 0.2) is 0 Å². The Bertz CT molecular complexity index is 1180. The van der Waals surface area contributed by atoms with E-state index in [0.717, 1.165) is 57.4 Å². The van der Waals surface area contributed by atoms with Gasteiger partial charge >= 0.3 is 0 Å². The molecule has 2 aromatic carbocycles. The van der Waals surface area contributed by atoms with E-state index in [1.807, 2.05) is 39.0 Å². The lowest BCUT2D eigenvalue weighted by Crippen LogP contribution is -2.23. The smallest absolute Gasteiger partial charge is 0.244 e. The summed E-state index contributed by atoms with van der Waals surface area (Å²) in [7, 11) is 0. The molecule has 172 valence electrons. The predicted molar refractivity (Wildman–Crippen MR) is 135 cm³/mol. The van der Waals surface area contributed by atoms with Gasteiger partial charge in [0.2, 0.25) is 5.91 Å². The minimum absolute atomic E-state index is 0.0698. The van der Waals surface area contributed by atoms with Gasteiger partial charge in [-0.25, -0.2) is 0 Å². The van der Waals surface area contributed by atoms with Crippen LogP contribution in [0.5, 0.6) is 5.75 Å². The van der Waals surface area contributed by atoms with Crippen molar-refractivity contribution in [1.82, 2.24) is 5.32 Å². The van der Waals surface area contributed by atoms with Gasteiger partial charge in [-0.15, -0.1) is 0 Å². The molecule has 3 aromatic rings. The standard InChI is InChI=1S/C29H33NO3/c1-4-32-28-21(3)29-25(26(19-33-29)23-13-9-6-10-14-23)18-24(28)20(2)17-27(31)30-16-15-22-11-7-5-8-12-22/h6,9-11,13-14,17-19H,4-5,7-8,12,15-16H2,1-3H3,(H,30,31)/b20-17+. The largest absolute Gasteiger partial charge is 0.493 e. The first-order chi connectivity index (χ1) is 16.1. The van der Waals surface area contributed by atoms with Crippen LogP contribution >= 0.6 is 0 Å². The Balaban J connectivity index is 1.62. The molecule has 1 aromatic heterocycles. The number of fused-ring (bicyclic) bond motifs is 1. The molecule has 1 heterocycles. The molecule has 1 aliphatic rings. The van der Waals surface area contributed by atoms with E-state index in [2.05, 4.69) is 29.6 Å². The van der Waals surface area contributed by atoms with Gasteiger partial charge in [-0.1, -0.05) is 42.0 Å². The molecule has 0 radical (unpaired) electrons. The first-order valence-corrected chi connectivity index (χ1v) is 12.0. The number of benzene rings is 2. The lowest BCUT2D eigenvalue weighted by atomic mass is 9.96. The van der Waals surface area contributed by atoms with Crippen molar-refractivity contribution in [2.45, 2.75) is 52.9 Å². The normalized spacial score (nSPS) is 14.3. The lowest BCUT2D eigenvalue weighted by molar-refractivity contribution is -0.116. The molecule has 0 atom stereocenters. The topological polar surface area (TPSA) is 51.5 Å². The van der Waals surface area contributed by atoms with Crippen LogP contribution in [0.3, 0.4) is 0 Å². The fraction of sp³-hybridized carbons (Fsp3) is 0.345. The summed E-state index contributed by atoms with van der Waals surface area (Å²) in [6, 6.07) is 12.3. The molecule has 4 nitrogen and oxygen atoms in total. The van der Waals surface area contributed by atoms with Gasteiger partial charge in [0, 0.05) is 34.7 Å². The van der Waals surface area contributed by atoms with E-state index in [0.29, 0.717) is 13.2 Å². The molecule has 0 fully saturated rings. The molecule has 1 aliphatic carbocycles. The summed E-state index contributed by atoms with van der Waals surface area (Å²) in [6.45, 7) is 7.16. The highest BCUT2D eigenvalue weighted by Gasteiger charge is 2.19. The maximum atomic E-state index is 12.7. The summed E-state index contributed by atoms with van der Waals surface area (Å²) in [6.07, 6.45) is 11.6. The Morgan fingerprint density at radius 1 is 1.21 bits per heavy atom. The highest BCUT2D eigenvalue weighted by atomic mass is 16.5. The Morgan fingerprint density at radius 3 is 2.76 bits per heavy atom. The molecule has 0 aliphatic heterocycles. The van der Waals surface area contributed by atoms with E-state index in [-0.39, 0.29) is 5.91 Å². The number of carbonyl (C=O) groups is 1. The average Bonchev–Trinajstić information content (AvgIpc) is 3.26. The molecule has 1 N–H and O–H groups in total. The number of amides is 1. The van der Waals surface area contributed by atoms with Crippen LogP contribution in [-0.4, -0.2) is 19.1 Å². The number of nitrogens with one attached hydrogen (secondary N) is 1. The molecule has 4 heteroatoms. The van der Waals surface area contributed by atoms with E-state index in [1.165, 1.54) is 24.8 Å². The number of aryl methyl sites for hydroxylation is 1. The zero-order chi connectivity index (χ0) is 23.2. The molecule has 0 spiro atoms. The van der Waals surface area contributed by atoms with Crippen LogP contribution in [0.1, 0.15) is 57.1 Å². The van der Waals surface area contributed by atoms with Crippen molar-refractivity contribution in [1.29, 1.82) is 0 Å². The van der Waals surface area contributed by atoms with Crippen molar-refractivity contribution in [3.63, 3.8) is 0 Å². The Hall–Kier alpha value is -3.27. The van der Waals surface area contributed by atoms with Crippen LogP contribution < -0.4 is 10.1 Å². The molecular weight excluding hydrogens is 410 g/mol. The summed E-state index contributed by atoms with van der Waals surface area (Å²) in [5.41, 5.74) is 7.17. The van der Waals surface area contributed by atoms with Gasteiger partial charge in [0.25, 0.3) is 0 Å². The summed E-state index contributed by atoms with van der Waals surface area (Å²) >= 11 is 0. The van der Waals surface area contributed by atoms with Crippen LogP contribution in [0.4, 0.5) is 0 Å². The van der Waals surface area contributed by atoms with Gasteiger partial charge in [0.1, 0.15) is 11.3 Å². The highest BCUT2D eigenvalue weighted by molar-refractivity contribution is 6.01. The fourth-order valence-electron chi connectivity index (χ4n) is 4.58. The SMILES string of the molecule is CCOc1c(/C(C)=C/C(=O)NCCC2=CCCCC2)cc2c(-c3ccccc3)coc2c1C. The second kappa shape index (κ2) is 10.6. The number of furan rings is 1. The zero-order valence-corrected chi connectivity index (χ0v) is 19.9. The third-order valence-corrected chi connectivity index (χ3v) is 6.32. The quantitative estimate of drug-likeness (QED) is 0.295. The number of rotatable bonds is 8. The van der Waals surface area contributed by atoms with Crippen molar-refractivity contribution in [3.8, 4) is 16.9 Å². The molecular formula is C29H33NO3. The Kier molecular flexibility index (Phi) is 7.33. The van der Waals surface area contributed by atoms with Crippen molar-refractivity contribution < 1.29 is 13.9 Å². The minimum atomic E-state index is -0.0698. The number of hydrogen-bond donors (Lipinski definition) is 1. The van der Waals surface area contributed by atoms with Gasteiger partial charge in [-0.05, 0) is 70.1 Å². The second-order valence-electron chi connectivity index (χ2n) is 8.68. The molecule has 0 bridgehead atoms. The van der Waals surface area contributed by atoms with Gasteiger partial charge < -0.3 is 14.5 Å². The lowest BCUT2D eigenvalue weighted by Gasteiger charge is -2.15. The molecule has 0 saturated carbocycles. The van der Waals surface area contributed by atoms with Crippen LogP contribution in [0, 0.1) is 6.92 Å². The number of allylic oxidation sites excluding steroid dienone is 2. The number of hydrogen-bond acceptors (Lipinski definition) is 3. The minimum Gasteiger partial charge on any atom is -0.493 e. The molecule has 1 amide bonds. The fourth-order valence-corrected chi connectivity index (χ4v) is 4.58. The summed E-state index contributed by atoms with van der Waals surface area (Å²) in [4.78, 5) is 12.7. The van der Waals surface area contributed by atoms with Crippen LogP contribution in [0.2, 0.25) is 0 Å². The average molecular weight is 444 g/mol. The maximum absolute atomic E-state index is 12.7. The van der Waals surface area contributed by atoms with E-state index in [4.69, 9.17) is 9.15 Å². The summed E-state index contributed by atoms with van der Waals surface area (Å²) in [5.74, 6) is 0.701. The predicted octanol–water partition coefficient (Wildman–Crippen LogP) is 7.22. The van der Waals surface area contributed by atoms with E-state index in [9.17, 15) is 4.79 Å². The van der Waals surface area contributed by atoms with Crippen molar-refractivity contribution in [2.24, 2.45) is 0 Å². The van der Waals surface area contributed by atoms with E-state index in [1.54, 1.807) is 12.3 Å². The van der Waals surface area contributed by atoms with Crippen molar-refractivity contribution in [2.75, 3.05) is 13.2 Å². The zero-order valence-electron chi connectivity index (χ0n) is 19.9. The molecule has 0 saturated heterocycles. The first kappa shape index (κ1) is 22.9. The van der Waals surface area contributed by atoms with Gasteiger partial charge in [-0.3, -0.25) is 4.79 Å². The van der Waals surface area contributed by atoms with Crippen molar-refractivity contribution >= 4 is 22.4 Å². The monoisotopic (exact) mass is 443 g/mol. The van der Waals surface area contributed by atoms with E-state index >= 15 is 0 Å².